The Kier molecular flexibility index (Phi) is 4.96. The highest BCUT2D eigenvalue weighted by Crippen LogP contribution is 2.25. The average Bonchev–Trinajstić information content (AvgIpc) is 2.98. The SMILES string of the molecule is CCCC[C@H](N)C(=O)N1CCCC(c2ccn[nH]2)C1. The first-order chi connectivity index (χ1) is 9.22. The van der Waals surface area contributed by atoms with E-state index in [0.29, 0.717) is 5.92 Å². The summed E-state index contributed by atoms with van der Waals surface area (Å²) < 4.78 is 0. The molecule has 106 valence electrons. The molecule has 5 nitrogen and oxygen atoms in total. The van der Waals surface area contributed by atoms with Gasteiger partial charge in [0.15, 0.2) is 0 Å². The molecule has 1 saturated heterocycles. The number of aromatic nitrogens is 2. The molecule has 5 heteroatoms. The third kappa shape index (κ3) is 3.56. The largest absolute Gasteiger partial charge is 0.341 e. The van der Waals surface area contributed by atoms with E-state index in [4.69, 9.17) is 5.73 Å². The number of likely N-dealkylation sites (tertiary alicyclic amines) is 1. The van der Waals surface area contributed by atoms with Crippen LogP contribution in [0.2, 0.25) is 0 Å². The van der Waals surface area contributed by atoms with Crippen LogP contribution in [-0.4, -0.2) is 40.1 Å². The zero-order valence-corrected chi connectivity index (χ0v) is 11.6. The lowest BCUT2D eigenvalue weighted by atomic mass is 9.94. The quantitative estimate of drug-likeness (QED) is 0.849. The van der Waals surface area contributed by atoms with Crippen molar-refractivity contribution >= 4 is 5.91 Å². The number of unbranched alkanes of at least 4 members (excludes halogenated alkanes) is 1. The van der Waals surface area contributed by atoms with Crippen LogP contribution >= 0.6 is 0 Å². The van der Waals surface area contributed by atoms with Crippen molar-refractivity contribution in [2.45, 2.75) is 51.0 Å². The predicted octanol–water partition coefficient (Wildman–Crippen LogP) is 1.63. The second kappa shape index (κ2) is 6.70. The Morgan fingerprint density at radius 3 is 3.21 bits per heavy atom. The van der Waals surface area contributed by atoms with E-state index < -0.39 is 0 Å². The molecular weight excluding hydrogens is 240 g/mol. The third-order valence-electron chi connectivity index (χ3n) is 3.88. The second-order valence-corrected chi connectivity index (χ2v) is 5.38. The molecule has 1 unspecified atom stereocenters. The third-order valence-corrected chi connectivity index (χ3v) is 3.88. The molecule has 1 aliphatic rings. The number of piperidine rings is 1. The van der Waals surface area contributed by atoms with Crippen LogP contribution in [0.5, 0.6) is 0 Å². The van der Waals surface area contributed by atoms with Crippen molar-refractivity contribution in [2.75, 3.05) is 13.1 Å². The van der Waals surface area contributed by atoms with Crippen LogP contribution < -0.4 is 5.73 Å². The highest BCUT2D eigenvalue weighted by molar-refractivity contribution is 5.81. The Morgan fingerprint density at radius 1 is 1.68 bits per heavy atom. The molecule has 0 radical (unpaired) electrons. The van der Waals surface area contributed by atoms with Gasteiger partial charge in [0.05, 0.1) is 6.04 Å². The molecule has 2 heterocycles. The first-order valence-corrected chi connectivity index (χ1v) is 7.26. The topological polar surface area (TPSA) is 75.0 Å². The number of hydrogen-bond acceptors (Lipinski definition) is 3. The van der Waals surface area contributed by atoms with Crippen molar-refractivity contribution in [3.05, 3.63) is 18.0 Å². The number of aromatic amines is 1. The minimum Gasteiger partial charge on any atom is -0.341 e. The number of nitrogens with two attached hydrogens (primary N) is 1. The lowest BCUT2D eigenvalue weighted by Gasteiger charge is -2.33. The van der Waals surface area contributed by atoms with Gasteiger partial charge in [-0.1, -0.05) is 19.8 Å². The summed E-state index contributed by atoms with van der Waals surface area (Å²) in [4.78, 5) is 14.2. The van der Waals surface area contributed by atoms with Gasteiger partial charge in [0.2, 0.25) is 5.91 Å². The van der Waals surface area contributed by atoms with E-state index in [2.05, 4.69) is 17.1 Å². The molecule has 0 spiro atoms. The van der Waals surface area contributed by atoms with E-state index in [1.54, 1.807) is 6.20 Å². The number of carbonyl (C=O) groups excluding carboxylic acids is 1. The summed E-state index contributed by atoms with van der Waals surface area (Å²) in [5, 5.41) is 7.00. The fourth-order valence-electron chi connectivity index (χ4n) is 2.71. The number of carbonyl (C=O) groups is 1. The van der Waals surface area contributed by atoms with Crippen LogP contribution in [0.25, 0.3) is 0 Å². The Labute approximate surface area is 114 Å². The average molecular weight is 264 g/mol. The standard InChI is InChI=1S/C14H24N4O/c1-2-3-6-12(15)14(19)18-9-4-5-11(10-18)13-7-8-16-17-13/h7-8,11-12H,2-6,9-10,15H2,1H3,(H,16,17)/t11?,12-/m0/s1. The van der Waals surface area contributed by atoms with Crippen LogP contribution in [0.15, 0.2) is 12.3 Å². The van der Waals surface area contributed by atoms with Crippen molar-refractivity contribution in [1.29, 1.82) is 0 Å². The van der Waals surface area contributed by atoms with Crippen LogP contribution in [0.3, 0.4) is 0 Å². The van der Waals surface area contributed by atoms with E-state index in [0.717, 1.165) is 50.9 Å². The van der Waals surface area contributed by atoms with Gasteiger partial charge >= 0.3 is 0 Å². The first kappa shape index (κ1) is 14.1. The number of hydrogen-bond donors (Lipinski definition) is 2. The number of rotatable bonds is 5. The number of H-pyrrole nitrogens is 1. The van der Waals surface area contributed by atoms with Gasteiger partial charge in [0.1, 0.15) is 0 Å². The summed E-state index contributed by atoms with van der Waals surface area (Å²) in [5.41, 5.74) is 7.11. The summed E-state index contributed by atoms with van der Waals surface area (Å²) in [5.74, 6) is 0.483. The molecule has 1 aliphatic heterocycles. The molecule has 3 N–H and O–H groups in total. The Balaban J connectivity index is 1.91. The Hall–Kier alpha value is -1.36. The fraction of sp³-hybridized carbons (Fsp3) is 0.714. The molecule has 0 aliphatic carbocycles. The smallest absolute Gasteiger partial charge is 0.239 e. The molecule has 0 bridgehead atoms. The summed E-state index contributed by atoms with van der Waals surface area (Å²) in [6.07, 6.45) is 6.80. The van der Waals surface area contributed by atoms with Crippen molar-refractivity contribution in [2.24, 2.45) is 5.73 Å². The van der Waals surface area contributed by atoms with Crippen molar-refractivity contribution < 1.29 is 4.79 Å². The van der Waals surface area contributed by atoms with Gasteiger partial charge in [-0.25, -0.2) is 0 Å². The maximum absolute atomic E-state index is 12.3. The maximum Gasteiger partial charge on any atom is 0.239 e. The van der Waals surface area contributed by atoms with E-state index in [-0.39, 0.29) is 11.9 Å². The van der Waals surface area contributed by atoms with Crippen molar-refractivity contribution in [3.63, 3.8) is 0 Å². The van der Waals surface area contributed by atoms with E-state index in [9.17, 15) is 4.79 Å². The molecule has 0 aromatic carbocycles. The monoisotopic (exact) mass is 264 g/mol. The molecule has 1 amide bonds. The molecule has 0 saturated carbocycles. The summed E-state index contributed by atoms with van der Waals surface area (Å²) in [7, 11) is 0. The Morgan fingerprint density at radius 2 is 2.53 bits per heavy atom. The maximum atomic E-state index is 12.3. The molecule has 2 atom stereocenters. The number of nitrogens with zero attached hydrogens (tertiary/aromatic N) is 2. The molecular formula is C14H24N4O. The van der Waals surface area contributed by atoms with Gasteiger partial charge in [-0.15, -0.1) is 0 Å². The lowest BCUT2D eigenvalue weighted by Crippen LogP contribution is -2.47. The zero-order valence-electron chi connectivity index (χ0n) is 11.6. The van der Waals surface area contributed by atoms with Crippen LogP contribution in [0, 0.1) is 0 Å². The highest BCUT2D eigenvalue weighted by Gasteiger charge is 2.28. The van der Waals surface area contributed by atoms with Gasteiger partial charge in [0.25, 0.3) is 0 Å². The second-order valence-electron chi connectivity index (χ2n) is 5.38. The van der Waals surface area contributed by atoms with Crippen molar-refractivity contribution in [3.8, 4) is 0 Å². The van der Waals surface area contributed by atoms with Crippen LogP contribution in [0.4, 0.5) is 0 Å². The fourth-order valence-corrected chi connectivity index (χ4v) is 2.71. The Bertz CT molecular complexity index is 390. The molecule has 1 aromatic heterocycles. The highest BCUT2D eigenvalue weighted by atomic mass is 16.2. The number of amides is 1. The normalized spacial score (nSPS) is 21.4. The zero-order chi connectivity index (χ0) is 13.7. The van der Waals surface area contributed by atoms with Crippen molar-refractivity contribution in [1.82, 2.24) is 15.1 Å². The van der Waals surface area contributed by atoms with Gasteiger partial charge in [-0.05, 0) is 25.3 Å². The van der Waals surface area contributed by atoms with Gasteiger partial charge < -0.3 is 10.6 Å². The predicted molar refractivity (Wildman–Crippen MR) is 74.6 cm³/mol. The van der Waals surface area contributed by atoms with E-state index in [1.165, 1.54) is 0 Å². The minimum absolute atomic E-state index is 0.109. The van der Waals surface area contributed by atoms with Gasteiger partial charge in [-0.2, -0.15) is 5.10 Å². The van der Waals surface area contributed by atoms with Gasteiger partial charge in [-0.3, -0.25) is 9.89 Å². The number of nitrogens with one attached hydrogen (secondary N) is 1. The molecule has 2 rings (SSSR count). The summed E-state index contributed by atoms with van der Waals surface area (Å²) >= 11 is 0. The van der Waals surface area contributed by atoms with E-state index in [1.807, 2.05) is 11.0 Å². The van der Waals surface area contributed by atoms with E-state index >= 15 is 0 Å². The molecule has 1 fully saturated rings. The summed E-state index contributed by atoms with van der Waals surface area (Å²) in [6, 6.07) is 1.66. The van der Waals surface area contributed by atoms with Crippen LogP contribution in [-0.2, 0) is 4.79 Å². The van der Waals surface area contributed by atoms with Gasteiger partial charge in [0, 0.05) is 30.9 Å². The molecule has 19 heavy (non-hydrogen) atoms. The molecule has 1 aromatic rings. The lowest BCUT2D eigenvalue weighted by molar-refractivity contribution is -0.134. The first-order valence-electron chi connectivity index (χ1n) is 7.26. The minimum atomic E-state index is -0.333. The van der Waals surface area contributed by atoms with Crippen LogP contribution in [0.1, 0.15) is 50.6 Å². The summed E-state index contributed by atoms with van der Waals surface area (Å²) in [6.45, 7) is 3.72.